The molecule has 0 aliphatic carbocycles. The molecule has 0 saturated heterocycles. The Labute approximate surface area is 147 Å². The molecule has 2 heterocycles. The predicted molar refractivity (Wildman–Crippen MR) is 97.2 cm³/mol. The number of aromatic nitrogens is 3. The standard InChI is InChI=1S/C19H21N5O/c1-15(18-10-6-7-11-20-18)23(2)19(25)22-17-12-21-24(14-17)13-16-8-4-3-5-9-16/h3-12,14-15H,13H2,1-2H3,(H,22,25). The van der Waals surface area contributed by atoms with E-state index in [-0.39, 0.29) is 12.1 Å². The Hall–Kier alpha value is -3.15. The average molecular weight is 335 g/mol. The van der Waals surface area contributed by atoms with Crippen molar-refractivity contribution in [2.24, 2.45) is 0 Å². The van der Waals surface area contributed by atoms with Crippen molar-refractivity contribution in [1.29, 1.82) is 0 Å². The SMILES string of the molecule is CC(c1ccccn1)N(C)C(=O)Nc1cnn(Cc2ccccc2)c1. The second kappa shape index (κ2) is 7.61. The number of carbonyl (C=O) groups excluding carboxylic acids is 1. The fourth-order valence-electron chi connectivity index (χ4n) is 2.49. The molecule has 0 bridgehead atoms. The summed E-state index contributed by atoms with van der Waals surface area (Å²) in [6.45, 7) is 2.61. The highest BCUT2D eigenvalue weighted by Gasteiger charge is 2.18. The number of benzene rings is 1. The van der Waals surface area contributed by atoms with Gasteiger partial charge in [0.05, 0.1) is 30.2 Å². The lowest BCUT2D eigenvalue weighted by Crippen LogP contribution is -2.33. The van der Waals surface area contributed by atoms with Gasteiger partial charge < -0.3 is 10.2 Å². The molecule has 0 aliphatic heterocycles. The van der Waals surface area contributed by atoms with Crippen LogP contribution in [0.15, 0.2) is 67.1 Å². The lowest BCUT2D eigenvalue weighted by molar-refractivity contribution is 0.207. The van der Waals surface area contributed by atoms with E-state index in [1.54, 1.807) is 29.0 Å². The Bertz CT molecular complexity index is 816. The molecule has 128 valence electrons. The second-order valence-corrected chi connectivity index (χ2v) is 5.88. The Kier molecular flexibility index (Phi) is 5.09. The van der Waals surface area contributed by atoms with E-state index < -0.39 is 0 Å². The zero-order chi connectivity index (χ0) is 17.6. The number of nitrogens with one attached hydrogen (secondary N) is 1. The van der Waals surface area contributed by atoms with Crippen LogP contribution in [-0.2, 0) is 6.54 Å². The van der Waals surface area contributed by atoms with Crippen LogP contribution in [0.2, 0.25) is 0 Å². The van der Waals surface area contributed by atoms with Gasteiger partial charge in [0.25, 0.3) is 0 Å². The number of pyridine rings is 1. The van der Waals surface area contributed by atoms with Gasteiger partial charge in [-0.05, 0) is 24.6 Å². The maximum Gasteiger partial charge on any atom is 0.322 e. The summed E-state index contributed by atoms with van der Waals surface area (Å²) in [7, 11) is 1.75. The summed E-state index contributed by atoms with van der Waals surface area (Å²) in [6.07, 6.45) is 5.20. The van der Waals surface area contributed by atoms with Crippen molar-refractivity contribution in [3.05, 3.63) is 78.4 Å². The lowest BCUT2D eigenvalue weighted by Gasteiger charge is -2.24. The minimum Gasteiger partial charge on any atom is -0.319 e. The van der Waals surface area contributed by atoms with Gasteiger partial charge in [-0.2, -0.15) is 5.10 Å². The Balaban J connectivity index is 1.61. The van der Waals surface area contributed by atoms with Gasteiger partial charge in [0.15, 0.2) is 0 Å². The molecule has 1 atom stereocenters. The third-order valence-electron chi connectivity index (χ3n) is 4.09. The molecule has 0 radical (unpaired) electrons. The lowest BCUT2D eigenvalue weighted by atomic mass is 10.2. The van der Waals surface area contributed by atoms with Crippen LogP contribution in [0.4, 0.5) is 10.5 Å². The number of carbonyl (C=O) groups is 1. The van der Waals surface area contributed by atoms with E-state index in [0.717, 1.165) is 11.3 Å². The number of hydrogen-bond donors (Lipinski definition) is 1. The molecule has 3 aromatic rings. The first-order valence-corrected chi connectivity index (χ1v) is 8.14. The predicted octanol–water partition coefficient (Wildman–Crippen LogP) is 3.55. The third kappa shape index (κ3) is 4.23. The zero-order valence-electron chi connectivity index (χ0n) is 14.3. The van der Waals surface area contributed by atoms with Gasteiger partial charge in [0, 0.05) is 19.4 Å². The maximum absolute atomic E-state index is 12.4. The van der Waals surface area contributed by atoms with E-state index in [2.05, 4.69) is 15.4 Å². The summed E-state index contributed by atoms with van der Waals surface area (Å²) in [5.41, 5.74) is 2.67. The van der Waals surface area contributed by atoms with Gasteiger partial charge >= 0.3 is 6.03 Å². The molecule has 6 heteroatoms. The summed E-state index contributed by atoms with van der Waals surface area (Å²) in [5, 5.41) is 7.17. The van der Waals surface area contributed by atoms with E-state index in [1.807, 2.05) is 61.7 Å². The molecule has 0 fully saturated rings. The van der Waals surface area contributed by atoms with Crippen molar-refractivity contribution in [2.45, 2.75) is 19.5 Å². The number of hydrogen-bond acceptors (Lipinski definition) is 3. The molecule has 25 heavy (non-hydrogen) atoms. The van der Waals surface area contributed by atoms with Crippen molar-refractivity contribution in [3.63, 3.8) is 0 Å². The summed E-state index contributed by atoms with van der Waals surface area (Å²) in [6, 6.07) is 15.4. The van der Waals surface area contributed by atoms with E-state index in [0.29, 0.717) is 12.2 Å². The van der Waals surface area contributed by atoms with Crippen molar-refractivity contribution in [1.82, 2.24) is 19.7 Å². The topological polar surface area (TPSA) is 63.1 Å². The molecule has 2 amide bonds. The Morgan fingerprint density at radius 3 is 2.68 bits per heavy atom. The van der Waals surface area contributed by atoms with Crippen LogP contribution in [0.5, 0.6) is 0 Å². The summed E-state index contributed by atoms with van der Waals surface area (Å²) >= 11 is 0. The smallest absolute Gasteiger partial charge is 0.319 e. The molecule has 1 unspecified atom stereocenters. The van der Waals surface area contributed by atoms with Gasteiger partial charge in [-0.25, -0.2) is 4.79 Å². The number of urea groups is 1. The number of anilines is 1. The minimum absolute atomic E-state index is 0.124. The van der Waals surface area contributed by atoms with E-state index in [9.17, 15) is 4.79 Å². The van der Waals surface area contributed by atoms with Crippen LogP contribution in [0.1, 0.15) is 24.2 Å². The fraction of sp³-hybridized carbons (Fsp3) is 0.211. The van der Waals surface area contributed by atoms with Gasteiger partial charge in [-0.1, -0.05) is 36.4 Å². The van der Waals surface area contributed by atoms with Gasteiger partial charge in [-0.15, -0.1) is 0 Å². The van der Waals surface area contributed by atoms with Crippen LogP contribution in [-0.4, -0.2) is 32.7 Å². The van der Waals surface area contributed by atoms with E-state index in [4.69, 9.17) is 0 Å². The molecule has 0 saturated carbocycles. The molecule has 0 spiro atoms. The van der Waals surface area contributed by atoms with Crippen LogP contribution in [0.25, 0.3) is 0 Å². The molecule has 3 rings (SSSR count). The highest BCUT2D eigenvalue weighted by molar-refractivity contribution is 5.89. The van der Waals surface area contributed by atoms with Gasteiger partial charge in [0.1, 0.15) is 0 Å². The van der Waals surface area contributed by atoms with E-state index in [1.165, 1.54) is 0 Å². The largest absolute Gasteiger partial charge is 0.322 e. The minimum atomic E-state index is -0.197. The molecule has 6 nitrogen and oxygen atoms in total. The highest BCUT2D eigenvalue weighted by Crippen LogP contribution is 2.17. The highest BCUT2D eigenvalue weighted by atomic mass is 16.2. The summed E-state index contributed by atoms with van der Waals surface area (Å²) < 4.78 is 1.80. The Morgan fingerprint density at radius 1 is 1.20 bits per heavy atom. The van der Waals surface area contributed by atoms with Crippen LogP contribution in [0, 0.1) is 0 Å². The summed E-state index contributed by atoms with van der Waals surface area (Å²) in [4.78, 5) is 18.4. The molecular formula is C19H21N5O. The normalized spacial score (nSPS) is 11.8. The molecule has 2 aromatic heterocycles. The first-order chi connectivity index (χ1) is 12.1. The molecular weight excluding hydrogens is 314 g/mol. The molecule has 1 N–H and O–H groups in total. The maximum atomic E-state index is 12.4. The number of nitrogens with zero attached hydrogens (tertiary/aromatic N) is 4. The first-order valence-electron chi connectivity index (χ1n) is 8.14. The van der Waals surface area contributed by atoms with E-state index >= 15 is 0 Å². The molecule has 1 aromatic carbocycles. The van der Waals surface area contributed by atoms with Crippen molar-refractivity contribution < 1.29 is 4.79 Å². The van der Waals surface area contributed by atoms with Crippen molar-refractivity contribution in [2.75, 3.05) is 12.4 Å². The monoisotopic (exact) mass is 335 g/mol. The summed E-state index contributed by atoms with van der Waals surface area (Å²) in [5.74, 6) is 0. The van der Waals surface area contributed by atoms with Gasteiger partial charge in [0.2, 0.25) is 0 Å². The number of rotatable bonds is 5. The molecule has 0 aliphatic rings. The third-order valence-corrected chi connectivity index (χ3v) is 4.09. The van der Waals surface area contributed by atoms with Crippen LogP contribution < -0.4 is 5.32 Å². The average Bonchev–Trinajstić information content (AvgIpc) is 3.08. The first kappa shape index (κ1) is 16.7. The second-order valence-electron chi connectivity index (χ2n) is 5.88. The van der Waals surface area contributed by atoms with Gasteiger partial charge in [-0.3, -0.25) is 9.67 Å². The van der Waals surface area contributed by atoms with Crippen molar-refractivity contribution in [3.8, 4) is 0 Å². The van der Waals surface area contributed by atoms with Crippen LogP contribution in [0.3, 0.4) is 0 Å². The zero-order valence-corrected chi connectivity index (χ0v) is 14.3. The fourth-order valence-corrected chi connectivity index (χ4v) is 2.49. The quantitative estimate of drug-likeness (QED) is 0.775. The number of amides is 2. The van der Waals surface area contributed by atoms with Crippen LogP contribution >= 0.6 is 0 Å². The Morgan fingerprint density at radius 2 is 1.96 bits per heavy atom. The van der Waals surface area contributed by atoms with Crippen molar-refractivity contribution >= 4 is 11.7 Å².